The number of ether oxygens (including phenoxy) is 2. The summed E-state index contributed by atoms with van der Waals surface area (Å²) in [4.78, 5) is 23.8. The second kappa shape index (κ2) is 7.35. The van der Waals surface area contributed by atoms with Crippen LogP contribution in [0, 0.1) is 0 Å². The first-order valence-electron chi connectivity index (χ1n) is 7.14. The average molecular weight is 363 g/mol. The van der Waals surface area contributed by atoms with E-state index in [1.165, 1.54) is 38.5 Å². The third-order valence-corrected chi connectivity index (χ3v) is 4.48. The van der Waals surface area contributed by atoms with Crippen LogP contribution in [0.2, 0.25) is 0 Å². The van der Waals surface area contributed by atoms with E-state index in [-0.39, 0.29) is 21.8 Å². The maximum Gasteiger partial charge on any atom is 0.337 e. The van der Waals surface area contributed by atoms with Crippen molar-refractivity contribution in [1.82, 2.24) is 0 Å². The van der Waals surface area contributed by atoms with Crippen LogP contribution < -0.4 is 10.1 Å². The number of carbonyl (C=O) groups is 2. The van der Waals surface area contributed by atoms with E-state index in [0.717, 1.165) is 6.26 Å². The normalized spacial score (nSPS) is 10.8. The van der Waals surface area contributed by atoms with Crippen LogP contribution in [0.15, 0.2) is 47.4 Å². The quantitative estimate of drug-likeness (QED) is 0.817. The van der Waals surface area contributed by atoms with Crippen molar-refractivity contribution < 1.29 is 27.5 Å². The molecule has 1 N–H and O–H groups in total. The Hall–Kier alpha value is -2.87. The van der Waals surface area contributed by atoms with Gasteiger partial charge in [-0.3, -0.25) is 4.79 Å². The van der Waals surface area contributed by atoms with Crippen molar-refractivity contribution >= 4 is 27.4 Å². The zero-order valence-electron chi connectivity index (χ0n) is 13.9. The van der Waals surface area contributed by atoms with Gasteiger partial charge in [-0.1, -0.05) is 6.07 Å². The third kappa shape index (κ3) is 4.36. The molecule has 0 fully saturated rings. The van der Waals surface area contributed by atoms with Gasteiger partial charge in [0.1, 0.15) is 10.6 Å². The summed E-state index contributed by atoms with van der Waals surface area (Å²) in [6, 6.07) is 10.3. The van der Waals surface area contributed by atoms with Gasteiger partial charge in [0.05, 0.1) is 19.8 Å². The van der Waals surface area contributed by atoms with Gasteiger partial charge in [-0.15, -0.1) is 0 Å². The van der Waals surface area contributed by atoms with Crippen LogP contribution >= 0.6 is 0 Å². The number of rotatable bonds is 5. The van der Waals surface area contributed by atoms with Gasteiger partial charge in [-0.2, -0.15) is 0 Å². The molecule has 1 amide bonds. The molecule has 7 nitrogen and oxygen atoms in total. The molecule has 0 spiro atoms. The molecule has 0 heterocycles. The number of esters is 1. The molecule has 2 aromatic rings. The van der Waals surface area contributed by atoms with Crippen LogP contribution in [0.3, 0.4) is 0 Å². The van der Waals surface area contributed by atoms with E-state index < -0.39 is 21.7 Å². The maximum atomic E-state index is 12.4. The molecule has 0 aliphatic rings. The standard InChI is InChI=1S/C17H17NO6S/c1-23-14-8-7-11(10-15(14)25(3,21)22)16(19)18-13-6-4-5-12(9-13)17(20)24-2/h4-10H,1-3H3,(H,18,19). The first kappa shape index (κ1) is 18.5. The van der Waals surface area contributed by atoms with Crippen molar-refractivity contribution in [3.8, 4) is 5.75 Å². The van der Waals surface area contributed by atoms with Crippen LogP contribution in [-0.4, -0.2) is 40.8 Å². The number of amides is 1. The monoisotopic (exact) mass is 363 g/mol. The van der Waals surface area contributed by atoms with Gasteiger partial charge in [-0.05, 0) is 36.4 Å². The van der Waals surface area contributed by atoms with E-state index in [0.29, 0.717) is 5.69 Å². The molecule has 0 saturated heterocycles. The highest BCUT2D eigenvalue weighted by atomic mass is 32.2. The molecule has 25 heavy (non-hydrogen) atoms. The van der Waals surface area contributed by atoms with Gasteiger partial charge in [-0.25, -0.2) is 13.2 Å². The lowest BCUT2D eigenvalue weighted by Crippen LogP contribution is -2.14. The fourth-order valence-corrected chi connectivity index (χ4v) is 3.01. The Balaban J connectivity index is 2.32. The van der Waals surface area contributed by atoms with Crippen molar-refractivity contribution in [3.05, 3.63) is 53.6 Å². The first-order valence-corrected chi connectivity index (χ1v) is 9.03. The summed E-state index contributed by atoms with van der Waals surface area (Å²) in [6.07, 6.45) is 1.03. The predicted octanol–water partition coefficient (Wildman–Crippen LogP) is 2.14. The van der Waals surface area contributed by atoms with Crippen molar-refractivity contribution in [1.29, 1.82) is 0 Å². The Morgan fingerprint density at radius 3 is 2.32 bits per heavy atom. The van der Waals surface area contributed by atoms with E-state index >= 15 is 0 Å². The molecule has 2 aromatic carbocycles. The average Bonchev–Trinajstić information content (AvgIpc) is 2.59. The summed E-state index contributed by atoms with van der Waals surface area (Å²) in [5.41, 5.74) is 0.807. The van der Waals surface area contributed by atoms with Gasteiger partial charge in [0.25, 0.3) is 5.91 Å². The Labute approximate surface area is 145 Å². The zero-order valence-corrected chi connectivity index (χ0v) is 14.7. The maximum absolute atomic E-state index is 12.4. The van der Waals surface area contributed by atoms with Gasteiger partial charge in [0, 0.05) is 17.5 Å². The molecule has 0 atom stereocenters. The minimum Gasteiger partial charge on any atom is -0.495 e. The summed E-state index contributed by atoms with van der Waals surface area (Å²) in [6.45, 7) is 0. The van der Waals surface area contributed by atoms with Crippen LogP contribution in [0.1, 0.15) is 20.7 Å². The van der Waals surface area contributed by atoms with Gasteiger partial charge >= 0.3 is 5.97 Å². The third-order valence-electron chi connectivity index (χ3n) is 3.37. The Bertz CT molecular complexity index is 920. The molecule has 0 aliphatic carbocycles. The van der Waals surface area contributed by atoms with E-state index in [9.17, 15) is 18.0 Å². The number of hydrogen-bond acceptors (Lipinski definition) is 6. The second-order valence-corrected chi connectivity index (χ2v) is 7.15. The molecule has 0 radical (unpaired) electrons. The lowest BCUT2D eigenvalue weighted by atomic mass is 10.1. The molecular weight excluding hydrogens is 346 g/mol. The van der Waals surface area contributed by atoms with E-state index in [1.807, 2.05) is 0 Å². The fraction of sp³-hybridized carbons (Fsp3) is 0.176. The molecule has 0 unspecified atom stereocenters. The minimum absolute atomic E-state index is 0.0778. The number of benzene rings is 2. The molecule has 0 saturated carbocycles. The van der Waals surface area contributed by atoms with Crippen molar-refractivity contribution in [2.24, 2.45) is 0 Å². The second-order valence-electron chi connectivity index (χ2n) is 5.16. The van der Waals surface area contributed by atoms with Crippen LogP contribution in [0.4, 0.5) is 5.69 Å². The van der Waals surface area contributed by atoms with E-state index in [1.54, 1.807) is 18.2 Å². The number of anilines is 1. The highest BCUT2D eigenvalue weighted by molar-refractivity contribution is 7.90. The number of carbonyl (C=O) groups excluding carboxylic acids is 2. The van der Waals surface area contributed by atoms with Gasteiger partial charge in [0.2, 0.25) is 0 Å². The molecule has 0 aliphatic heterocycles. The van der Waals surface area contributed by atoms with E-state index in [4.69, 9.17) is 4.74 Å². The Kier molecular flexibility index (Phi) is 5.43. The zero-order chi connectivity index (χ0) is 18.6. The Morgan fingerprint density at radius 1 is 1.00 bits per heavy atom. The van der Waals surface area contributed by atoms with E-state index in [2.05, 4.69) is 10.1 Å². The predicted molar refractivity (Wildman–Crippen MR) is 91.8 cm³/mol. The topological polar surface area (TPSA) is 98.8 Å². The fourth-order valence-electron chi connectivity index (χ4n) is 2.15. The summed E-state index contributed by atoms with van der Waals surface area (Å²) in [7, 11) is -0.951. The summed E-state index contributed by atoms with van der Waals surface area (Å²) in [5.74, 6) is -0.888. The molecule has 8 heteroatoms. The highest BCUT2D eigenvalue weighted by Crippen LogP contribution is 2.25. The molecule has 132 valence electrons. The molecule has 0 aromatic heterocycles. The molecule has 2 rings (SSSR count). The van der Waals surface area contributed by atoms with Crippen molar-refractivity contribution in [3.63, 3.8) is 0 Å². The van der Waals surface area contributed by atoms with Gasteiger partial charge in [0.15, 0.2) is 9.84 Å². The summed E-state index contributed by atoms with van der Waals surface area (Å²) < 4.78 is 33.3. The van der Waals surface area contributed by atoms with Crippen LogP contribution in [0.5, 0.6) is 5.75 Å². The number of nitrogens with one attached hydrogen (secondary N) is 1. The largest absolute Gasteiger partial charge is 0.495 e. The smallest absolute Gasteiger partial charge is 0.337 e. The number of sulfone groups is 1. The molecule has 0 bridgehead atoms. The van der Waals surface area contributed by atoms with Crippen LogP contribution in [0.25, 0.3) is 0 Å². The first-order chi connectivity index (χ1) is 11.8. The SMILES string of the molecule is COC(=O)c1cccc(NC(=O)c2ccc(OC)c(S(C)(=O)=O)c2)c1. The lowest BCUT2D eigenvalue weighted by Gasteiger charge is -2.10. The summed E-state index contributed by atoms with van der Waals surface area (Å²) >= 11 is 0. The Morgan fingerprint density at radius 2 is 1.72 bits per heavy atom. The molecular formula is C17H17NO6S. The number of hydrogen-bond donors (Lipinski definition) is 1. The number of methoxy groups -OCH3 is 2. The summed E-state index contributed by atoms with van der Waals surface area (Å²) in [5, 5.41) is 2.61. The minimum atomic E-state index is -3.56. The highest BCUT2D eigenvalue weighted by Gasteiger charge is 2.18. The van der Waals surface area contributed by atoms with Crippen molar-refractivity contribution in [2.75, 3.05) is 25.8 Å². The van der Waals surface area contributed by atoms with Crippen LogP contribution in [-0.2, 0) is 14.6 Å². The lowest BCUT2D eigenvalue weighted by molar-refractivity contribution is 0.0600. The van der Waals surface area contributed by atoms with Gasteiger partial charge < -0.3 is 14.8 Å². The van der Waals surface area contributed by atoms with Crippen molar-refractivity contribution in [2.45, 2.75) is 4.90 Å².